The van der Waals surface area contributed by atoms with Gasteiger partial charge < -0.3 is 9.72 Å². The number of nitrogens with zero attached hydrogens (tertiary/aromatic N) is 3. The molecule has 0 radical (unpaired) electrons. The Morgan fingerprint density at radius 3 is 2.59 bits per heavy atom. The molecule has 2 atom stereocenters. The minimum atomic E-state index is -0.424. The summed E-state index contributed by atoms with van der Waals surface area (Å²) >= 11 is 0. The van der Waals surface area contributed by atoms with Crippen LogP contribution in [0, 0.1) is 5.82 Å². The topological polar surface area (TPSA) is 60.9 Å². The Bertz CT molecular complexity index is 1390. The summed E-state index contributed by atoms with van der Waals surface area (Å²) in [6.07, 6.45) is 1.86. The highest BCUT2D eigenvalue weighted by Gasteiger charge is 2.49. The van der Waals surface area contributed by atoms with Crippen LogP contribution in [0.15, 0.2) is 77.9 Å². The second-order valence-electron chi connectivity index (χ2n) is 8.65. The van der Waals surface area contributed by atoms with Gasteiger partial charge in [-0.25, -0.2) is 9.40 Å². The number of carbonyl (C=O) groups is 1. The number of hydrogen-bond acceptors (Lipinski definition) is 4. The molecule has 2 aliphatic rings. The molecule has 0 saturated carbocycles. The lowest BCUT2D eigenvalue weighted by Crippen LogP contribution is -2.39. The molecule has 2 aliphatic heterocycles. The van der Waals surface area contributed by atoms with Gasteiger partial charge in [0.15, 0.2) is 0 Å². The van der Waals surface area contributed by atoms with Crippen molar-refractivity contribution in [2.24, 2.45) is 5.10 Å². The molecule has 0 spiro atoms. The predicted molar refractivity (Wildman–Crippen MR) is 128 cm³/mol. The summed E-state index contributed by atoms with van der Waals surface area (Å²) in [6, 6.07) is 21.6. The summed E-state index contributed by atoms with van der Waals surface area (Å²) in [7, 11) is 1.62. The Morgan fingerprint density at radius 1 is 1.06 bits per heavy atom. The summed E-state index contributed by atoms with van der Waals surface area (Å²) in [4.78, 5) is 19.3. The Labute approximate surface area is 196 Å². The summed E-state index contributed by atoms with van der Waals surface area (Å²) < 4.78 is 18.9. The van der Waals surface area contributed by atoms with Crippen LogP contribution in [0.3, 0.4) is 0 Å². The van der Waals surface area contributed by atoms with E-state index in [1.807, 2.05) is 36.4 Å². The zero-order valence-electron chi connectivity index (χ0n) is 18.6. The zero-order valence-corrected chi connectivity index (χ0v) is 18.6. The Hall–Kier alpha value is -3.97. The van der Waals surface area contributed by atoms with Crippen LogP contribution in [0.1, 0.15) is 28.6 Å². The highest BCUT2D eigenvalue weighted by atomic mass is 19.1. The number of nitrogens with one attached hydrogen (secondary N) is 1. The van der Waals surface area contributed by atoms with Crippen LogP contribution >= 0.6 is 0 Å². The molecule has 1 aromatic heterocycles. The minimum absolute atomic E-state index is 0.0602. The van der Waals surface area contributed by atoms with Crippen molar-refractivity contribution in [3.63, 3.8) is 0 Å². The van der Waals surface area contributed by atoms with Gasteiger partial charge in [-0.05, 0) is 65.6 Å². The van der Waals surface area contributed by atoms with Gasteiger partial charge in [0.1, 0.15) is 17.7 Å². The molecule has 34 heavy (non-hydrogen) atoms. The molecule has 0 bridgehead atoms. The fraction of sp³-hybridized carbons (Fsp3) is 0.185. The van der Waals surface area contributed by atoms with E-state index in [0.29, 0.717) is 13.0 Å². The number of aromatic nitrogens is 1. The molecule has 7 heteroatoms. The number of hydrazone groups is 1. The first-order valence-corrected chi connectivity index (χ1v) is 11.2. The first-order chi connectivity index (χ1) is 16.6. The van der Waals surface area contributed by atoms with E-state index < -0.39 is 6.17 Å². The van der Waals surface area contributed by atoms with Crippen LogP contribution in [0.25, 0.3) is 10.9 Å². The highest BCUT2D eigenvalue weighted by Crippen LogP contribution is 2.42. The Morgan fingerprint density at radius 2 is 1.82 bits per heavy atom. The van der Waals surface area contributed by atoms with E-state index in [4.69, 9.17) is 4.74 Å². The third kappa shape index (κ3) is 3.36. The molecular weight excluding hydrogens is 431 g/mol. The molecule has 1 fully saturated rings. The molecule has 1 N–H and O–H groups in total. The fourth-order valence-corrected chi connectivity index (χ4v) is 5.03. The quantitative estimate of drug-likeness (QED) is 0.458. The molecule has 1 saturated heterocycles. The molecule has 1 unspecified atom stereocenters. The largest absolute Gasteiger partial charge is 0.497 e. The summed E-state index contributed by atoms with van der Waals surface area (Å²) in [5.41, 5.74) is 5.05. The maximum atomic E-state index is 13.7. The van der Waals surface area contributed by atoms with Crippen molar-refractivity contribution >= 4 is 23.0 Å². The van der Waals surface area contributed by atoms with Crippen LogP contribution in [0.2, 0.25) is 0 Å². The van der Waals surface area contributed by atoms with Crippen molar-refractivity contribution in [2.45, 2.75) is 25.2 Å². The minimum Gasteiger partial charge on any atom is -0.497 e. The van der Waals surface area contributed by atoms with Crippen LogP contribution in [0.5, 0.6) is 5.75 Å². The SMILES string of the molecule is COc1ccc(/C=N/N2C(=O)[C@H]3Cc4c([nH]c5ccccc45)CN3C2c2ccc(F)cc2)cc1. The number of halogens is 1. The van der Waals surface area contributed by atoms with Gasteiger partial charge in [0.2, 0.25) is 0 Å². The molecule has 1 amide bonds. The van der Waals surface area contributed by atoms with Crippen LogP contribution in [0.4, 0.5) is 4.39 Å². The molecule has 3 heterocycles. The second-order valence-corrected chi connectivity index (χ2v) is 8.65. The number of rotatable bonds is 4. The van der Waals surface area contributed by atoms with Gasteiger partial charge >= 0.3 is 0 Å². The van der Waals surface area contributed by atoms with Crippen molar-refractivity contribution in [1.82, 2.24) is 14.9 Å². The average Bonchev–Trinajstić information content (AvgIpc) is 3.36. The number of hydrogen-bond donors (Lipinski definition) is 1. The van der Waals surface area contributed by atoms with E-state index in [1.54, 1.807) is 25.5 Å². The number of aromatic amines is 1. The predicted octanol–water partition coefficient (Wildman–Crippen LogP) is 4.62. The summed E-state index contributed by atoms with van der Waals surface area (Å²) in [5, 5.41) is 7.31. The van der Waals surface area contributed by atoms with E-state index in [9.17, 15) is 9.18 Å². The van der Waals surface area contributed by atoms with Gasteiger partial charge in [0.25, 0.3) is 5.91 Å². The number of fused-ring (bicyclic) bond motifs is 4. The first kappa shape index (κ1) is 20.6. The van der Waals surface area contributed by atoms with Gasteiger partial charge in [-0.1, -0.05) is 30.3 Å². The van der Waals surface area contributed by atoms with Crippen molar-refractivity contribution < 1.29 is 13.9 Å². The smallest absolute Gasteiger partial charge is 0.262 e. The van der Waals surface area contributed by atoms with Gasteiger partial charge in [-0.3, -0.25) is 9.69 Å². The zero-order chi connectivity index (χ0) is 23.2. The molecule has 6 nitrogen and oxygen atoms in total. The van der Waals surface area contributed by atoms with Crippen molar-refractivity contribution in [1.29, 1.82) is 0 Å². The van der Waals surface area contributed by atoms with Crippen molar-refractivity contribution in [2.75, 3.05) is 7.11 Å². The maximum absolute atomic E-state index is 13.7. The number of para-hydroxylation sites is 1. The maximum Gasteiger partial charge on any atom is 0.262 e. The summed E-state index contributed by atoms with van der Waals surface area (Å²) in [6.45, 7) is 0.580. The highest BCUT2D eigenvalue weighted by molar-refractivity contribution is 5.90. The molecule has 4 aromatic rings. The molecule has 0 aliphatic carbocycles. The standard InChI is InChI=1S/C27H23FN4O2/c1-34-20-12-6-17(7-13-20)15-29-32-26(18-8-10-19(28)11-9-18)31-16-24-22(14-25(31)27(32)33)21-4-2-3-5-23(21)30-24/h2-13,15,25-26,30H,14,16H2,1H3/b29-15+/t25-,26?/m1/s1. The number of methoxy groups -OCH3 is 1. The molecule has 3 aromatic carbocycles. The van der Waals surface area contributed by atoms with Crippen LogP contribution < -0.4 is 4.74 Å². The molecular formula is C27H23FN4O2. The van der Waals surface area contributed by atoms with Gasteiger partial charge in [-0.2, -0.15) is 5.10 Å². The number of benzene rings is 3. The van der Waals surface area contributed by atoms with E-state index in [1.165, 1.54) is 22.7 Å². The first-order valence-electron chi connectivity index (χ1n) is 11.2. The number of ether oxygens (including phenoxy) is 1. The lowest BCUT2D eigenvalue weighted by molar-refractivity contribution is -0.130. The Kier molecular flexibility index (Phi) is 4.92. The van der Waals surface area contributed by atoms with Crippen LogP contribution in [-0.4, -0.2) is 40.2 Å². The number of carbonyl (C=O) groups excluding carboxylic acids is 1. The summed E-state index contributed by atoms with van der Waals surface area (Å²) in [5.74, 6) is 0.383. The number of H-pyrrole nitrogens is 1. The molecule has 170 valence electrons. The van der Waals surface area contributed by atoms with E-state index in [2.05, 4.69) is 27.1 Å². The lowest BCUT2D eigenvalue weighted by Gasteiger charge is -2.32. The van der Waals surface area contributed by atoms with Gasteiger partial charge in [0, 0.05) is 23.1 Å². The van der Waals surface area contributed by atoms with Crippen molar-refractivity contribution in [3.8, 4) is 5.75 Å². The van der Waals surface area contributed by atoms with Gasteiger partial charge in [-0.15, -0.1) is 0 Å². The average molecular weight is 455 g/mol. The third-order valence-electron chi connectivity index (χ3n) is 6.71. The second kappa shape index (κ2) is 8.11. The van der Waals surface area contributed by atoms with E-state index in [0.717, 1.165) is 33.5 Å². The lowest BCUT2D eigenvalue weighted by atomic mass is 9.97. The number of amides is 1. The monoisotopic (exact) mass is 454 g/mol. The van der Waals surface area contributed by atoms with Crippen LogP contribution in [-0.2, 0) is 17.8 Å². The normalized spacial score (nSPS) is 20.2. The van der Waals surface area contributed by atoms with E-state index in [-0.39, 0.29) is 17.8 Å². The fourth-order valence-electron chi connectivity index (χ4n) is 5.03. The molecule has 6 rings (SSSR count). The van der Waals surface area contributed by atoms with Gasteiger partial charge in [0.05, 0.1) is 19.4 Å². The Balaban J connectivity index is 1.39. The van der Waals surface area contributed by atoms with Crippen molar-refractivity contribution in [3.05, 3.63) is 101 Å². The third-order valence-corrected chi connectivity index (χ3v) is 6.71. The van der Waals surface area contributed by atoms with E-state index >= 15 is 0 Å².